The van der Waals surface area contributed by atoms with Crippen molar-refractivity contribution in [3.05, 3.63) is 17.5 Å². The molecule has 5 nitrogen and oxygen atoms in total. The van der Waals surface area contributed by atoms with Gasteiger partial charge in [0.15, 0.2) is 0 Å². The van der Waals surface area contributed by atoms with Crippen molar-refractivity contribution in [3.63, 3.8) is 0 Å². The summed E-state index contributed by atoms with van der Waals surface area (Å²) in [5, 5.41) is 3.09. The van der Waals surface area contributed by atoms with E-state index < -0.39 is 0 Å². The summed E-state index contributed by atoms with van der Waals surface area (Å²) in [6, 6.07) is 1.53. The monoisotopic (exact) mass is 215 g/mol. The number of ether oxygens (including phenoxy) is 1. The molecule has 76 valence electrons. The maximum absolute atomic E-state index is 10.9. The molecule has 0 aromatic carbocycles. The second-order valence-electron chi connectivity index (χ2n) is 2.38. The van der Waals surface area contributed by atoms with Crippen LogP contribution in [0.5, 0.6) is 0 Å². The number of hydrogen-bond donors (Lipinski definition) is 1. The standard InChI is InChI=1S/C8H10ClN3O2/c1-2-14-8(13)4-10-7-3-6(9)11-5-12-7/h3,5H,2,4H2,1H3,(H,10,11,12). The normalized spacial score (nSPS) is 9.57. The first-order valence-corrected chi connectivity index (χ1v) is 4.47. The van der Waals surface area contributed by atoms with Crippen LogP contribution >= 0.6 is 11.6 Å². The smallest absolute Gasteiger partial charge is 0.325 e. The molecule has 0 fully saturated rings. The lowest BCUT2D eigenvalue weighted by molar-refractivity contribution is -0.140. The van der Waals surface area contributed by atoms with Gasteiger partial charge in [0.1, 0.15) is 23.8 Å². The first kappa shape index (κ1) is 10.7. The Morgan fingerprint density at radius 2 is 2.43 bits per heavy atom. The van der Waals surface area contributed by atoms with Crippen LogP contribution < -0.4 is 5.32 Å². The minimum atomic E-state index is -0.331. The van der Waals surface area contributed by atoms with Gasteiger partial charge in [0, 0.05) is 6.07 Å². The lowest BCUT2D eigenvalue weighted by Crippen LogP contribution is -2.17. The van der Waals surface area contributed by atoms with Gasteiger partial charge in [-0.2, -0.15) is 0 Å². The molecule has 0 unspecified atom stereocenters. The van der Waals surface area contributed by atoms with E-state index in [0.29, 0.717) is 17.6 Å². The predicted molar refractivity (Wildman–Crippen MR) is 52.2 cm³/mol. The summed E-state index contributed by atoms with van der Waals surface area (Å²) >= 11 is 5.61. The molecule has 1 heterocycles. The molecule has 0 aliphatic heterocycles. The van der Waals surface area contributed by atoms with Gasteiger partial charge >= 0.3 is 5.97 Å². The van der Waals surface area contributed by atoms with Crippen molar-refractivity contribution in [2.75, 3.05) is 18.5 Å². The van der Waals surface area contributed by atoms with E-state index in [1.54, 1.807) is 6.92 Å². The van der Waals surface area contributed by atoms with Crippen LogP contribution in [0.3, 0.4) is 0 Å². The Hall–Kier alpha value is -1.36. The zero-order valence-corrected chi connectivity index (χ0v) is 8.41. The van der Waals surface area contributed by atoms with Crippen molar-refractivity contribution in [1.29, 1.82) is 0 Å². The molecule has 0 aliphatic carbocycles. The Bertz CT molecular complexity index is 319. The van der Waals surface area contributed by atoms with Crippen molar-refractivity contribution in [3.8, 4) is 0 Å². The molecule has 0 aliphatic rings. The predicted octanol–water partition coefficient (Wildman–Crippen LogP) is 1.10. The van der Waals surface area contributed by atoms with Gasteiger partial charge in [-0.25, -0.2) is 9.97 Å². The Balaban J connectivity index is 2.41. The lowest BCUT2D eigenvalue weighted by Gasteiger charge is -2.04. The first-order chi connectivity index (χ1) is 6.72. The number of anilines is 1. The van der Waals surface area contributed by atoms with Crippen LogP contribution in [0.4, 0.5) is 5.82 Å². The molecule has 0 saturated heterocycles. The third-order valence-corrected chi connectivity index (χ3v) is 1.56. The summed E-state index contributed by atoms with van der Waals surface area (Å²) in [6.07, 6.45) is 1.32. The number of esters is 1. The molecule has 6 heteroatoms. The molecular weight excluding hydrogens is 206 g/mol. The minimum absolute atomic E-state index is 0.0706. The molecule has 1 N–H and O–H groups in total. The fourth-order valence-corrected chi connectivity index (χ4v) is 0.952. The Morgan fingerprint density at radius 3 is 3.07 bits per heavy atom. The van der Waals surface area contributed by atoms with E-state index in [1.807, 2.05) is 0 Å². The van der Waals surface area contributed by atoms with Gasteiger partial charge in [0.05, 0.1) is 6.61 Å². The van der Waals surface area contributed by atoms with Crippen molar-refractivity contribution in [2.45, 2.75) is 6.92 Å². The minimum Gasteiger partial charge on any atom is -0.465 e. The highest BCUT2D eigenvalue weighted by atomic mass is 35.5. The van der Waals surface area contributed by atoms with Crippen molar-refractivity contribution >= 4 is 23.4 Å². The maximum atomic E-state index is 10.9. The van der Waals surface area contributed by atoms with Crippen LogP contribution in [0.2, 0.25) is 5.15 Å². The molecule has 0 spiro atoms. The van der Waals surface area contributed by atoms with Crippen molar-refractivity contribution in [2.24, 2.45) is 0 Å². The van der Waals surface area contributed by atoms with Crippen molar-refractivity contribution < 1.29 is 9.53 Å². The molecule has 0 radical (unpaired) electrons. The van der Waals surface area contributed by atoms with Gasteiger partial charge in [-0.1, -0.05) is 11.6 Å². The third kappa shape index (κ3) is 3.57. The van der Waals surface area contributed by atoms with E-state index in [1.165, 1.54) is 12.4 Å². The summed E-state index contributed by atoms with van der Waals surface area (Å²) in [6.45, 7) is 2.19. The molecule has 0 bridgehead atoms. The molecule has 1 aromatic heterocycles. The Kier molecular flexibility index (Phi) is 4.12. The van der Waals surface area contributed by atoms with Gasteiger partial charge in [-0.3, -0.25) is 4.79 Å². The molecule has 0 saturated carbocycles. The Labute approximate surface area is 86.5 Å². The highest BCUT2D eigenvalue weighted by Crippen LogP contribution is 2.07. The van der Waals surface area contributed by atoms with Gasteiger partial charge in [-0.05, 0) is 6.92 Å². The number of carbonyl (C=O) groups excluding carboxylic acids is 1. The maximum Gasteiger partial charge on any atom is 0.325 e. The second-order valence-corrected chi connectivity index (χ2v) is 2.77. The van der Waals surface area contributed by atoms with Crippen LogP contribution in [0.1, 0.15) is 6.92 Å². The average Bonchev–Trinajstić information content (AvgIpc) is 2.15. The summed E-state index contributed by atoms with van der Waals surface area (Å²) in [4.78, 5) is 18.5. The highest BCUT2D eigenvalue weighted by Gasteiger charge is 2.01. The summed E-state index contributed by atoms with van der Waals surface area (Å²) in [5.74, 6) is 0.167. The van der Waals surface area contributed by atoms with Gasteiger partial charge in [0.2, 0.25) is 0 Å². The topological polar surface area (TPSA) is 64.1 Å². The van der Waals surface area contributed by atoms with Gasteiger partial charge < -0.3 is 10.1 Å². The Morgan fingerprint density at radius 1 is 1.64 bits per heavy atom. The average molecular weight is 216 g/mol. The van der Waals surface area contributed by atoms with Gasteiger partial charge in [-0.15, -0.1) is 0 Å². The van der Waals surface area contributed by atoms with E-state index in [4.69, 9.17) is 16.3 Å². The fraction of sp³-hybridized carbons (Fsp3) is 0.375. The number of nitrogens with zero attached hydrogens (tertiary/aromatic N) is 2. The van der Waals surface area contributed by atoms with Crippen LogP contribution in [0.15, 0.2) is 12.4 Å². The van der Waals surface area contributed by atoms with E-state index in [-0.39, 0.29) is 12.5 Å². The molecule has 0 amide bonds. The van der Waals surface area contributed by atoms with Crippen LogP contribution in [0, 0.1) is 0 Å². The van der Waals surface area contributed by atoms with E-state index >= 15 is 0 Å². The van der Waals surface area contributed by atoms with Crippen molar-refractivity contribution in [1.82, 2.24) is 9.97 Å². The summed E-state index contributed by atoms with van der Waals surface area (Å²) in [5.41, 5.74) is 0. The fourth-order valence-electron chi connectivity index (χ4n) is 0.805. The summed E-state index contributed by atoms with van der Waals surface area (Å²) in [7, 11) is 0. The van der Waals surface area contributed by atoms with E-state index in [0.717, 1.165) is 0 Å². The van der Waals surface area contributed by atoms with Crippen LogP contribution in [-0.4, -0.2) is 29.1 Å². The number of carbonyl (C=O) groups is 1. The second kappa shape index (κ2) is 5.39. The first-order valence-electron chi connectivity index (χ1n) is 4.09. The number of nitrogens with one attached hydrogen (secondary N) is 1. The number of halogens is 1. The number of hydrogen-bond acceptors (Lipinski definition) is 5. The molecule has 1 rings (SSSR count). The van der Waals surface area contributed by atoms with E-state index in [2.05, 4.69) is 15.3 Å². The third-order valence-electron chi connectivity index (χ3n) is 1.35. The van der Waals surface area contributed by atoms with Crippen LogP contribution in [-0.2, 0) is 9.53 Å². The quantitative estimate of drug-likeness (QED) is 0.602. The highest BCUT2D eigenvalue weighted by molar-refractivity contribution is 6.29. The van der Waals surface area contributed by atoms with Crippen LogP contribution in [0.25, 0.3) is 0 Å². The summed E-state index contributed by atoms with van der Waals surface area (Å²) < 4.78 is 4.72. The largest absolute Gasteiger partial charge is 0.465 e. The zero-order chi connectivity index (χ0) is 10.4. The molecule has 14 heavy (non-hydrogen) atoms. The SMILES string of the molecule is CCOC(=O)CNc1cc(Cl)ncn1. The van der Waals surface area contributed by atoms with Gasteiger partial charge in [0.25, 0.3) is 0 Å². The molecular formula is C8H10ClN3O2. The molecule has 1 aromatic rings. The molecule has 0 atom stereocenters. The number of aromatic nitrogens is 2. The lowest BCUT2D eigenvalue weighted by atomic mass is 10.5. The van der Waals surface area contributed by atoms with E-state index in [9.17, 15) is 4.79 Å². The zero-order valence-electron chi connectivity index (χ0n) is 7.66. The number of rotatable bonds is 4.